The normalized spacial score (nSPS) is 47.2. The van der Waals surface area contributed by atoms with Gasteiger partial charge in [-0.15, -0.1) is 0 Å². The highest BCUT2D eigenvalue weighted by atomic mass is 16.3. The van der Waals surface area contributed by atoms with E-state index in [0.717, 1.165) is 0 Å². The van der Waals surface area contributed by atoms with Gasteiger partial charge in [-0.1, -0.05) is 13.8 Å². The largest absolute Gasteiger partial charge is 0.390 e. The summed E-state index contributed by atoms with van der Waals surface area (Å²) in [4.78, 5) is 13.2. The molecule has 0 aromatic heterocycles. The first-order valence-corrected chi connectivity index (χ1v) is 12.9. The summed E-state index contributed by atoms with van der Waals surface area (Å²) in [5.74, 6) is -0.948. The van der Waals surface area contributed by atoms with Crippen LogP contribution in [0.15, 0.2) is 11.6 Å². The number of hydrogen-bond acceptors (Lipinski definition) is 7. The third-order valence-corrected chi connectivity index (χ3v) is 10.5. The lowest BCUT2D eigenvalue weighted by atomic mass is 9.45. The van der Waals surface area contributed by atoms with Gasteiger partial charge in [0, 0.05) is 11.3 Å². The van der Waals surface area contributed by atoms with E-state index < -0.39 is 45.9 Å². The van der Waals surface area contributed by atoms with Crippen molar-refractivity contribution >= 4 is 5.78 Å². The first kappa shape index (κ1) is 26.2. The third-order valence-electron chi connectivity index (χ3n) is 10.5. The van der Waals surface area contributed by atoms with Crippen molar-refractivity contribution in [1.82, 2.24) is 0 Å². The summed E-state index contributed by atoms with van der Waals surface area (Å²) in [6.07, 6.45) is 2.11. The maximum atomic E-state index is 13.2. The summed E-state index contributed by atoms with van der Waals surface area (Å²) in [6.45, 7) is 8.96. The molecule has 4 aliphatic carbocycles. The smallest absolute Gasteiger partial charge is 0.159 e. The molecule has 6 N–H and O–H groups in total. The zero-order valence-electron chi connectivity index (χ0n) is 21.3. The average Bonchev–Trinajstić information content (AvgIpc) is 3.00. The molecule has 194 valence electrons. The van der Waals surface area contributed by atoms with Gasteiger partial charge in [0.1, 0.15) is 0 Å². The second-order valence-electron chi connectivity index (χ2n) is 13.2. The highest BCUT2D eigenvalue weighted by molar-refractivity contribution is 5.95. The Morgan fingerprint density at radius 3 is 2.32 bits per heavy atom. The molecule has 0 bridgehead atoms. The van der Waals surface area contributed by atoms with Gasteiger partial charge in [0.15, 0.2) is 5.78 Å². The van der Waals surface area contributed by atoms with Gasteiger partial charge in [0.25, 0.3) is 0 Å². The quantitative estimate of drug-likeness (QED) is 0.353. The summed E-state index contributed by atoms with van der Waals surface area (Å²) in [5, 5.41) is 65.5. The van der Waals surface area contributed by atoms with E-state index in [1.165, 1.54) is 0 Å². The van der Waals surface area contributed by atoms with Crippen LogP contribution in [0.25, 0.3) is 0 Å². The Balaban J connectivity index is 1.66. The van der Waals surface area contributed by atoms with Gasteiger partial charge in [-0.25, -0.2) is 0 Å². The van der Waals surface area contributed by atoms with E-state index in [0.29, 0.717) is 44.1 Å². The Morgan fingerprint density at radius 1 is 1.06 bits per heavy atom. The van der Waals surface area contributed by atoms with E-state index in [1.54, 1.807) is 26.8 Å². The molecule has 0 unspecified atom stereocenters. The molecule has 0 saturated heterocycles. The van der Waals surface area contributed by atoms with Crippen LogP contribution in [-0.4, -0.2) is 71.5 Å². The number of allylic oxidation sites excluding steroid dienone is 1. The summed E-state index contributed by atoms with van der Waals surface area (Å²) in [7, 11) is 0. The second-order valence-corrected chi connectivity index (χ2v) is 13.2. The fraction of sp³-hybridized carbons (Fsp3) is 0.889. The van der Waals surface area contributed by atoms with Gasteiger partial charge in [-0.3, -0.25) is 4.79 Å². The van der Waals surface area contributed by atoms with Crippen LogP contribution in [0, 0.1) is 28.6 Å². The second kappa shape index (κ2) is 8.09. The molecule has 34 heavy (non-hydrogen) atoms. The van der Waals surface area contributed by atoms with Crippen LogP contribution in [0.5, 0.6) is 0 Å². The van der Waals surface area contributed by atoms with Gasteiger partial charge in [-0.2, -0.15) is 0 Å². The van der Waals surface area contributed by atoms with Crippen LogP contribution < -0.4 is 0 Å². The van der Waals surface area contributed by atoms with Crippen LogP contribution in [0.2, 0.25) is 0 Å². The lowest BCUT2D eigenvalue weighted by molar-refractivity contribution is -0.177. The monoisotopic (exact) mass is 480 g/mol. The number of carbonyl (C=O) groups is 1. The number of aliphatic hydroxyl groups excluding tert-OH is 3. The number of hydrogen-bond donors (Lipinski definition) is 6. The van der Waals surface area contributed by atoms with E-state index in [1.807, 2.05) is 13.8 Å². The van der Waals surface area contributed by atoms with Crippen LogP contribution in [0.3, 0.4) is 0 Å². The molecule has 7 nitrogen and oxygen atoms in total. The van der Waals surface area contributed by atoms with Crippen molar-refractivity contribution in [3.05, 3.63) is 11.6 Å². The average molecular weight is 481 g/mol. The first-order valence-electron chi connectivity index (χ1n) is 12.9. The van der Waals surface area contributed by atoms with Gasteiger partial charge < -0.3 is 30.6 Å². The predicted molar refractivity (Wildman–Crippen MR) is 127 cm³/mol. The van der Waals surface area contributed by atoms with E-state index in [-0.39, 0.29) is 36.4 Å². The van der Waals surface area contributed by atoms with Gasteiger partial charge in [-0.05, 0) is 101 Å². The van der Waals surface area contributed by atoms with E-state index in [2.05, 4.69) is 0 Å². The lowest BCUT2D eigenvalue weighted by Gasteiger charge is -2.60. The van der Waals surface area contributed by atoms with Crippen molar-refractivity contribution in [2.24, 2.45) is 28.6 Å². The summed E-state index contributed by atoms with van der Waals surface area (Å²) in [5.41, 5.74) is -4.27. The Kier molecular flexibility index (Phi) is 6.24. The number of ketones is 1. The van der Waals surface area contributed by atoms with Crippen LogP contribution in [0.1, 0.15) is 86.0 Å². The Bertz CT molecular complexity index is 860. The lowest BCUT2D eigenvalue weighted by Crippen LogP contribution is -2.62. The molecule has 0 radical (unpaired) electrons. The minimum atomic E-state index is -1.46. The molecule has 0 amide bonds. The Labute approximate surface area is 202 Å². The van der Waals surface area contributed by atoms with Crippen LogP contribution in [-0.2, 0) is 4.79 Å². The maximum absolute atomic E-state index is 13.2. The SMILES string of the molecule is CC(C)(O)CC[C@@H](O)[C@](C)(O)[C@H]1CC[C@]2(O)C3=CC(=O)[C@@H]4C[C@@H](O)[C@@H](O)C[C@]4(C)[C@H]3CC[C@]12C. The van der Waals surface area contributed by atoms with Crippen molar-refractivity contribution in [2.45, 2.75) is 121 Å². The molecule has 4 rings (SSSR count). The Hall–Kier alpha value is -0.830. The highest BCUT2D eigenvalue weighted by Gasteiger charge is 2.69. The zero-order chi connectivity index (χ0) is 25.5. The fourth-order valence-corrected chi connectivity index (χ4v) is 8.32. The molecule has 0 aromatic carbocycles. The van der Waals surface area contributed by atoms with Crippen molar-refractivity contribution < 1.29 is 35.4 Å². The first-order chi connectivity index (χ1) is 15.5. The van der Waals surface area contributed by atoms with Crippen molar-refractivity contribution in [1.29, 1.82) is 0 Å². The minimum absolute atomic E-state index is 0.0840. The molecule has 0 spiro atoms. The van der Waals surface area contributed by atoms with Crippen molar-refractivity contribution in [3.63, 3.8) is 0 Å². The standard InChI is InChI=1S/C27H44O7/c1-23(2,32)9-8-22(31)26(5,33)21-7-11-27(34)16-12-18(28)17-13-19(29)20(30)14-24(17,3)15(16)6-10-25(21,27)4/h12,15,17,19-22,29-34H,6-11,13-14H2,1-5H3/t15-,17-,19+,20-,21-,22+,24+,25+,26+,27-/m0/s1. The van der Waals surface area contributed by atoms with Crippen LogP contribution >= 0.6 is 0 Å². The Morgan fingerprint density at radius 2 is 1.71 bits per heavy atom. The summed E-state index contributed by atoms with van der Waals surface area (Å²) in [6, 6.07) is 0. The number of rotatable bonds is 5. The van der Waals surface area contributed by atoms with Crippen LogP contribution in [0.4, 0.5) is 0 Å². The molecule has 3 fully saturated rings. The molecular weight excluding hydrogens is 436 g/mol. The van der Waals surface area contributed by atoms with E-state index in [9.17, 15) is 35.4 Å². The van der Waals surface area contributed by atoms with E-state index in [4.69, 9.17) is 0 Å². The predicted octanol–water partition coefficient (Wildman–Crippen LogP) is 1.85. The number of aliphatic hydroxyl groups is 6. The maximum Gasteiger partial charge on any atom is 0.159 e. The van der Waals surface area contributed by atoms with Gasteiger partial charge in [0.05, 0.1) is 35.1 Å². The molecule has 3 saturated carbocycles. The topological polar surface area (TPSA) is 138 Å². The molecule has 0 heterocycles. The number of carbonyl (C=O) groups excluding carboxylic acids is 1. The summed E-state index contributed by atoms with van der Waals surface area (Å²) < 4.78 is 0. The molecule has 4 aliphatic rings. The molecule has 0 aliphatic heterocycles. The fourth-order valence-electron chi connectivity index (χ4n) is 8.32. The number of fused-ring (bicyclic) bond motifs is 5. The zero-order valence-corrected chi connectivity index (χ0v) is 21.3. The molecule has 0 aromatic rings. The van der Waals surface area contributed by atoms with Gasteiger partial charge >= 0.3 is 0 Å². The molecule has 10 atom stereocenters. The van der Waals surface area contributed by atoms with Gasteiger partial charge in [0.2, 0.25) is 0 Å². The van der Waals surface area contributed by atoms with E-state index >= 15 is 0 Å². The van der Waals surface area contributed by atoms with Crippen molar-refractivity contribution in [3.8, 4) is 0 Å². The molecular formula is C27H44O7. The third kappa shape index (κ3) is 3.73. The van der Waals surface area contributed by atoms with Crippen molar-refractivity contribution in [2.75, 3.05) is 0 Å². The highest BCUT2D eigenvalue weighted by Crippen LogP contribution is 2.68. The summed E-state index contributed by atoms with van der Waals surface area (Å²) >= 11 is 0. The minimum Gasteiger partial charge on any atom is -0.390 e. The molecule has 7 heteroatoms.